The summed E-state index contributed by atoms with van der Waals surface area (Å²) in [6, 6.07) is 11.3. The molecule has 2 N–H and O–H groups in total. The van der Waals surface area contributed by atoms with Gasteiger partial charge in [0, 0.05) is 17.3 Å². The van der Waals surface area contributed by atoms with Crippen LogP contribution in [0.1, 0.15) is 18.5 Å². The smallest absolute Gasteiger partial charge is 0.175 e. The maximum absolute atomic E-state index is 11.4. The molecule has 0 spiro atoms. The molecular formula is C15H16ClNO3S. The van der Waals surface area contributed by atoms with Crippen LogP contribution in [-0.2, 0) is 9.84 Å². The Morgan fingerprint density at radius 1 is 1.10 bits per heavy atom. The second kappa shape index (κ2) is 6.05. The second-order valence-corrected chi connectivity index (χ2v) is 7.24. The first kappa shape index (κ1) is 15.8. The molecule has 0 bridgehead atoms. The van der Waals surface area contributed by atoms with Crippen molar-refractivity contribution in [1.82, 2.24) is 0 Å². The Labute approximate surface area is 129 Å². The zero-order chi connectivity index (χ0) is 15.6. The number of benzene rings is 2. The highest BCUT2D eigenvalue weighted by Gasteiger charge is 2.09. The normalized spacial score (nSPS) is 13.0. The van der Waals surface area contributed by atoms with Gasteiger partial charge in [0.1, 0.15) is 11.5 Å². The van der Waals surface area contributed by atoms with Gasteiger partial charge in [0.2, 0.25) is 0 Å². The maximum Gasteiger partial charge on any atom is 0.175 e. The Morgan fingerprint density at radius 2 is 1.67 bits per heavy atom. The van der Waals surface area contributed by atoms with Gasteiger partial charge < -0.3 is 10.5 Å². The molecule has 2 aromatic carbocycles. The minimum absolute atomic E-state index is 0.152. The predicted octanol–water partition coefficient (Wildman–Crippen LogP) is 3.56. The van der Waals surface area contributed by atoms with E-state index in [0.717, 1.165) is 11.8 Å². The first-order valence-corrected chi connectivity index (χ1v) is 8.57. The quantitative estimate of drug-likeness (QED) is 0.933. The molecular weight excluding hydrogens is 310 g/mol. The third-order valence-electron chi connectivity index (χ3n) is 2.95. The lowest BCUT2D eigenvalue weighted by molar-refractivity contribution is 0.482. The van der Waals surface area contributed by atoms with Crippen molar-refractivity contribution in [2.24, 2.45) is 5.73 Å². The topological polar surface area (TPSA) is 69.4 Å². The summed E-state index contributed by atoms with van der Waals surface area (Å²) in [5.74, 6) is 1.10. The number of nitrogens with two attached hydrogens (primary N) is 1. The maximum atomic E-state index is 11.4. The molecule has 21 heavy (non-hydrogen) atoms. The molecule has 112 valence electrons. The summed E-state index contributed by atoms with van der Waals surface area (Å²) >= 11 is 6.14. The lowest BCUT2D eigenvalue weighted by Gasteiger charge is -2.11. The van der Waals surface area contributed by atoms with E-state index in [1.165, 1.54) is 12.1 Å². The Bertz CT molecular complexity index is 740. The van der Waals surface area contributed by atoms with Gasteiger partial charge in [0.15, 0.2) is 9.84 Å². The van der Waals surface area contributed by atoms with Crippen molar-refractivity contribution in [3.8, 4) is 11.5 Å². The molecule has 0 aliphatic carbocycles. The SMILES string of the molecule is CC(N)c1ccc(Oc2ccc(S(C)(=O)=O)cc2)cc1Cl. The Morgan fingerprint density at radius 3 is 2.14 bits per heavy atom. The van der Waals surface area contributed by atoms with Gasteiger partial charge in [-0.25, -0.2) is 8.42 Å². The van der Waals surface area contributed by atoms with E-state index in [2.05, 4.69) is 0 Å². The number of hydrogen-bond donors (Lipinski definition) is 1. The van der Waals surface area contributed by atoms with Crippen LogP contribution >= 0.6 is 11.6 Å². The van der Waals surface area contributed by atoms with E-state index >= 15 is 0 Å². The molecule has 0 aliphatic rings. The molecule has 6 heteroatoms. The third kappa shape index (κ3) is 3.97. The van der Waals surface area contributed by atoms with Crippen molar-refractivity contribution in [3.63, 3.8) is 0 Å². The lowest BCUT2D eigenvalue weighted by atomic mass is 10.1. The van der Waals surface area contributed by atoms with Gasteiger partial charge in [-0.15, -0.1) is 0 Å². The molecule has 4 nitrogen and oxygen atoms in total. The molecule has 1 unspecified atom stereocenters. The zero-order valence-electron chi connectivity index (χ0n) is 11.7. The molecule has 2 rings (SSSR count). The summed E-state index contributed by atoms with van der Waals surface area (Å²) in [5, 5.41) is 0.537. The van der Waals surface area contributed by atoms with Gasteiger partial charge in [-0.1, -0.05) is 17.7 Å². The molecule has 0 heterocycles. The van der Waals surface area contributed by atoms with Crippen LogP contribution in [0.3, 0.4) is 0 Å². The summed E-state index contributed by atoms with van der Waals surface area (Å²) in [6.07, 6.45) is 1.16. The first-order valence-electron chi connectivity index (χ1n) is 6.30. The van der Waals surface area contributed by atoms with E-state index in [9.17, 15) is 8.42 Å². The Balaban J connectivity index is 2.21. The van der Waals surface area contributed by atoms with Crippen LogP contribution in [0.15, 0.2) is 47.4 Å². The second-order valence-electron chi connectivity index (χ2n) is 4.82. The zero-order valence-corrected chi connectivity index (χ0v) is 13.3. The molecule has 0 amide bonds. The number of halogens is 1. The number of ether oxygens (including phenoxy) is 1. The van der Waals surface area contributed by atoms with Crippen LogP contribution in [0.2, 0.25) is 5.02 Å². The largest absolute Gasteiger partial charge is 0.457 e. The number of rotatable bonds is 4. The molecule has 0 aliphatic heterocycles. The lowest BCUT2D eigenvalue weighted by Crippen LogP contribution is -2.05. The fourth-order valence-corrected chi connectivity index (χ4v) is 2.80. The van der Waals surface area contributed by atoms with Crippen LogP contribution in [0.25, 0.3) is 0 Å². The van der Waals surface area contributed by atoms with E-state index in [4.69, 9.17) is 22.1 Å². The highest BCUT2D eigenvalue weighted by molar-refractivity contribution is 7.90. The summed E-state index contributed by atoms with van der Waals surface area (Å²) in [5.41, 5.74) is 6.64. The monoisotopic (exact) mass is 325 g/mol. The van der Waals surface area contributed by atoms with E-state index < -0.39 is 9.84 Å². The predicted molar refractivity (Wildman–Crippen MR) is 83.7 cm³/mol. The fraction of sp³-hybridized carbons (Fsp3) is 0.200. The van der Waals surface area contributed by atoms with E-state index in [1.54, 1.807) is 24.3 Å². The standard InChI is InChI=1S/C15H16ClNO3S/c1-10(17)14-8-5-12(9-15(14)16)20-11-3-6-13(7-4-11)21(2,18)19/h3-10H,17H2,1-2H3. The van der Waals surface area contributed by atoms with Crippen LogP contribution in [0.5, 0.6) is 11.5 Å². The Hall–Kier alpha value is -1.56. The molecule has 0 fully saturated rings. The summed E-state index contributed by atoms with van der Waals surface area (Å²) < 4.78 is 28.4. The highest BCUT2D eigenvalue weighted by Crippen LogP contribution is 2.29. The average Bonchev–Trinajstić information content (AvgIpc) is 2.38. The summed E-state index contributed by atoms with van der Waals surface area (Å²) in [6.45, 7) is 1.85. The van der Waals surface area contributed by atoms with E-state index in [-0.39, 0.29) is 10.9 Å². The third-order valence-corrected chi connectivity index (χ3v) is 4.41. The minimum Gasteiger partial charge on any atom is -0.457 e. The van der Waals surface area contributed by atoms with Crippen LogP contribution < -0.4 is 10.5 Å². The molecule has 0 aromatic heterocycles. The van der Waals surface area contributed by atoms with Gasteiger partial charge in [-0.3, -0.25) is 0 Å². The number of sulfone groups is 1. The van der Waals surface area contributed by atoms with Crippen molar-refractivity contribution in [3.05, 3.63) is 53.1 Å². The van der Waals surface area contributed by atoms with Gasteiger partial charge >= 0.3 is 0 Å². The average molecular weight is 326 g/mol. The summed E-state index contributed by atoms with van der Waals surface area (Å²) in [4.78, 5) is 0.250. The Kier molecular flexibility index (Phi) is 4.56. The minimum atomic E-state index is -3.20. The van der Waals surface area contributed by atoms with Crippen molar-refractivity contribution in [2.75, 3.05) is 6.26 Å². The van der Waals surface area contributed by atoms with Gasteiger partial charge in [0.05, 0.1) is 4.90 Å². The fourth-order valence-electron chi connectivity index (χ4n) is 1.83. The first-order chi connectivity index (χ1) is 9.77. The van der Waals surface area contributed by atoms with E-state index in [1.807, 2.05) is 13.0 Å². The summed E-state index contributed by atoms with van der Waals surface area (Å²) in [7, 11) is -3.20. The van der Waals surface area contributed by atoms with E-state index in [0.29, 0.717) is 16.5 Å². The van der Waals surface area contributed by atoms with Gasteiger partial charge in [-0.05, 0) is 48.9 Å². The molecule has 1 atom stereocenters. The molecule has 2 aromatic rings. The highest BCUT2D eigenvalue weighted by atomic mass is 35.5. The van der Waals surface area contributed by atoms with Crippen molar-refractivity contribution in [1.29, 1.82) is 0 Å². The van der Waals surface area contributed by atoms with Crippen molar-refractivity contribution in [2.45, 2.75) is 17.9 Å². The van der Waals surface area contributed by atoms with Crippen LogP contribution in [-0.4, -0.2) is 14.7 Å². The van der Waals surface area contributed by atoms with Crippen molar-refractivity contribution >= 4 is 21.4 Å². The van der Waals surface area contributed by atoms with Crippen molar-refractivity contribution < 1.29 is 13.2 Å². The van der Waals surface area contributed by atoms with Crippen LogP contribution in [0.4, 0.5) is 0 Å². The van der Waals surface area contributed by atoms with Gasteiger partial charge in [0.25, 0.3) is 0 Å². The number of hydrogen-bond acceptors (Lipinski definition) is 4. The molecule has 0 radical (unpaired) electrons. The molecule has 0 saturated heterocycles. The van der Waals surface area contributed by atoms with Crippen LogP contribution in [0, 0.1) is 0 Å². The van der Waals surface area contributed by atoms with Gasteiger partial charge in [-0.2, -0.15) is 0 Å². The molecule has 0 saturated carbocycles.